The molecule has 0 bridgehead atoms. The van der Waals surface area contributed by atoms with E-state index in [-0.39, 0.29) is 10.2 Å². The Balaban J connectivity index is 2.71. The second kappa shape index (κ2) is 4.25. The molecule has 0 unspecified atom stereocenters. The number of rotatable bonds is 2. The largest absolute Gasteiger partial charge is 0.272 e. The zero-order valence-corrected chi connectivity index (χ0v) is 10.8. The number of tetrazole rings is 1. The Morgan fingerprint density at radius 3 is 2.65 bits per heavy atom. The molecule has 1 aromatic carbocycles. The number of aromatic nitrogens is 4. The molecule has 1 aromatic heterocycles. The third-order valence-electron chi connectivity index (χ3n) is 1.93. The summed E-state index contributed by atoms with van der Waals surface area (Å²) in [6, 6.07) is 4.77. The maximum absolute atomic E-state index is 11.4. The van der Waals surface area contributed by atoms with Crippen LogP contribution in [0.1, 0.15) is 0 Å². The van der Waals surface area contributed by atoms with Crippen molar-refractivity contribution in [2.24, 2.45) is 0 Å². The fourth-order valence-electron chi connectivity index (χ4n) is 1.22. The van der Waals surface area contributed by atoms with E-state index in [1.165, 1.54) is 0 Å². The van der Waals surface area contributed by atoms with E-state index >= 15 is 0 Å². The van der Waals surface area contributed by atoms with Crippen LogP contribution in [-0.2, 0) is 9.84 Å². The average Bonchev–Trinajstić information content (AvgIpc) is 2.70. The Labute approximate surface area is 107 Å². The third-order valence-corrected chi connectivity index (χ3v) is 3.66. The van der Waals surface area contributed by atoms with Gasteiger partial charge in [0.1, 0.15) is 0 Å². The van der Waals surface area contributed by atoms with Crippen LogP contribution < -0.4 is 0 Å². The summed E-state index contributed by atoms with van der Waals surface area (Å²) < 4.78 is 23.9. The Kier molecular flexibility index (Phi) is 3.07. The van der Waals surface area contributed by atoms with Gasteiger partial charge >= 0.3 is 0 Å². The zero-order chi connectivity index (χ0) is 12.6. The summed E-state index contributed by atoms with van der Waals surface area (Å²) in [5.41, 5.74) is 0.310. The van der Waals surface area contributed by atoms with Crippen LogP contribution in [0.4, 0.5) is 0 Å². The van der Waals surface area contributed by atoms with E-state index in [2.05, 4.69) is 15.5 Å². The van der Waals surface area contributed by atoms with E-state index in [1.807, 2.05) is 0 Å². The molecule has 6 nitrogen and oxygen atoms in total. The minimum absolute atomic E-state index is 0.186. The molecule has 0 amide bonds. The number of sulfone groups is 1. The molecule has 0 atom stereocenters. The Morgan fingerprint density at radius 2 is 2.00 bits per heavy atom. The van der Waals surface area contributed by atoms with E-state index in [4.69, 9.17) is 23.2 Å². The first-order valence-corrected chi connectivity index (χ1v) is 6.99. The second-order valence-electron chi connectivity index (χ2n) is 3.22. The van der Waals surface area contributed by atoms with Crippen molar-refractivity contribution in [2.75, 3.05) is 6.26 Å². The van der Waals surface area contributed by atoms with Crippen molar-refractivity contribution >= 4 is 33.0 Å². The molecule has 0 spiro atoms. The van der Waals surface area contributed by atoms with Crippen molar-refractivity contribution in [3.8, 4) is 5.69 Å². The van der Waals surface area contributed by atoms with Gasteiger partial charge in [-0.1, -0.05) is 34.4 Å². The van der Waals surface area contributed by atoms with E-state index in [0.717, 1.165) is 10.9 Å². The summed E-state index contributed by atoms with van der Waals surface area (Å²) in [7, 11) is -3.54. The zero-order valence-electron chi connectivity index (χ0n) is 8.50. The first-order valence-electron chi connectivity index (χ1n) is 4.34. The van der Waals surface area contributed by atoms with Crippen molar-refractivity contribution in [3.05, 3.63) is 28.2 Å². The minimum Gasteiger partial charge on any atom is -0.221 e. The summed E-state index contributed by atoms with van der Waals surface area (Å²) in [5.74, 6) is 0. The van der Waals surface area contributed by atoms with Crippen molar-refractivity contribution in [1.29, 1.82) is 0 Å². The predicted molar refractivity (Wildman–Crippen MR) is 62.3 cm³/mol. The highest BCUT2D eigenvalue weighted by atomic mass is 35.5. The lowest BCUT2D eigenvalue weighted by Crippen LogP contribution is -2.09. The summed E-state index contributed by atoms with van der Waals surface area (Å²) in [5, 5.41) is 10.5. The van der Waals surface area contributed by atoms with Crippen molar-refractivity contribution < 1.29 is 8.42 Å². The summed E-state index contributed by atoms with van der Waals surface area (Å²) in [4.78, 5) is 0. The van der Waals surface area contributed by atoms with Gasteiger partial charge in [-0.15, -0.1) is 0 Å². The molecule has 0 fully saturated rings. The lowest BCUT2D eigenvalue weighted by Gasteiger charge is -2.06. The van der Waals surface area contributed by atoms with Crippen LogP contribution in [0.3, 0.4) is 0 Å². The maximum atomic E-state index is 11.4. The van der Waals surface area contributed by atoms with Crippen LogP contribution in [0.2, 0.25) is 10.0 Å². The quantitative estimate of drug-likeness (QED) is 0.835. The van der Waals surface area contributed by atoms with Crippen LogP contribution in [-0.4, -0.2) is 34.9 Å². The lowest BCUT2D eigenvalue weighted by atomic mass is 10.3. The van der Waals surface area contributed by atoms with Gasteiger partial charge in [0.05, 0.1) is 15.7 Å². The molecule has 1 heterocycles. The van der Waals surface area contributed by atoms with E-state index in [0.29, 0.717) is 10.7 Å². The Hall–Kier alpha value is -1.18. The number of halogens is 2. The minimum atomic E-state index is -3.54. The smallest absolute Gasteiger partial charge is 0.221 e. The predicted octanol–water partition coefficient (Wildman–Crippen LogP) is 1.37. The molecular weight excluding hydrogens is 287 g/mol. The van der Waals surface area contributed by atoms with Crippen LogP contribution in [0.25, 0.3) is 5.69 Å². The fourth-order valence-corrected chi connectivity index (χ4v) is 2.23. The molecule has 0 saturated carbocycles. The van der Waals surface area contributed by atoms with Crippen molar-refractivity contribution in [2.45, 2.75) is 5.16 Å². The number of benzene rings is 1. The fraction of sp³-hybridized carbons (Fsp3) is 0.125. The number of hydrogen-bond donors (Lipinski definition) is 0. The van der Waals surface area contributed by atoms with Gasteiger partial charge in [-0.3, -0.25) is 0 Å². The van der Waals surface area contributed by atoms with Gasteiger partial charge in [-0.05, 0) is 22.6 Å². The molecule has 0 aliphatic rings. The lowest BCUT2D eigenvalue weighted by molar-refractivity contribution is 0.586. The summed E-state index contributed by atoms with van der Waals surface area (Å²) in [6.07, 6.45) is 1.01. The summed E-state index contributed by atoms with van der Waals surface area (Å²) in [6.45, 7) is 0. The molecule has 90 valence electrons. The number of nitrogens with zero attached hydrogens (tertiary/aromatic N) is 4. The monoisotopic (exact) mass is 292 g/mol. The maximum Gasteiger partial charge on any atom is 0.272 e. The first-order chi connectivity index (χ1) is 7.91. The normalized spacial score (nSPS) is 11.7. The summed E-state index contributed by atoms with van der Waals surface area (Å²) >= 11 is 11.8. The van der Waals surface area contributed by atoms with Crippen LogP contribution >= 0.6 is 23.2 Å². The molecule has 17 heavy (non-hydrogen) atoms. The highest BCUT2D eigenvalue weighted by molar-refractivity contribution is 7.90. The van der Waals surface area contributed by atoms with E-state index in [1.54, 1.807) is 18.2 Å². The van der Waals surface area contributed by atoms with Gasteiger partial charge in [0.15, 0.2) is 0 Å². The van der Waals surface area contributed by atoms with Crippen LogP contribution in [0.15, 0.2) is 23.4 Å². The van der Waals surface area contributed by atoms with Gasteiger partial charge in [0.2, 0.25) is 9.84 Å². The highest BCUT2D eigenvalue weighted by Gasteiger charge is 2.20. The van der Waals surface area contributed by atoms with Gasteiger partial charge < -0.3 is 0 Å². The molecule has 0 radical (unpaired) electrons. The molecule has 0 aliphatic heterocycles. The standard InChI is InChI=1S/C8H6Cl2N4O2S/c1-17(15,16)8-11-12-13-14(8)6-4-2-3-5(9)7(6)10/h2-4H,1H3. The molecule has 0 saturated heterocycles. The van der Waals surface area contributed by atoms with Crippen molar-refractivity contribution in [3.63, 3.8) is 0 Å². The highest BCUT2D eigenvalue weighted by Crippen LogP contribution is 2.28. The molecule has 2 aromatic rings. The van der Waals surface area contributed by atoms with Gasteiger partial charge in [-0.25, -0.2) is 8.42 Å². The molecule has 9 heteroatoms. The second-order valence-corrected chi connectivity index (χ2v) is 5.91. The molecular formula is C8H6Cl2N4O2S. The molecule has 0 aliphatic carbocycles. The molecule has 0 N–H and O–H groups in total. The Morgan fingerprint density at radius 1 is 1.29 bits per heavy atom. The van der Waals surface area contributed by atoms with Gasteiger partial charge in [0, 0.05) is 6.26 Å². The number of hydrogen-bond acceptors (Lipinski definition) is 5. The topological polar surface area (TPSA) is 77.7 Å². The van der Waals surface area contributed by atoms with Crippen molar-refractivity contribution in [1.82, 2.24) is 20.2 Å². The van der Waals surface area contributed by atoms with E-state index in [9.17, 15) is 8.42 Å². The molecule has 2 rings (SSSR count). The third kappa shape index (κ3) is 2.26. The van der Waals surface area contributed by atoms with Crippen LogP contribution in [0, 0.1) is 0 Å². The van der Waals surface area contributed by atoms with E-state index < -0.39 is 9.84 Å². The average molecular weight is 293 g/mol. The van der Waals surface area contributed by atoms with Gasteiger partial charge in [0.25, 0.3) is 5.16 Å². The van der Waals surface area contributed by atoms with Crippen LogP contribution in [0.5, 0.6) is 0 Å². The van der Waals surface area contributed by atoms with Gasteiger partial charge in [-0.2, -0.15) is 4.68 Å². The SMILES string of the molecule is CS(=O)(=O)c1nnnn1-c1cccc(Cl)c1Cl. The Bertz CT molecular complexity index is 668. The first kappa shape index (κ1) is 12.3.